The highest BCUT2D eigenvalue weighted by atomic mass is 16.1. The summed E-state index contributed by atoms with van der Waals surface area (Å²) in [4.78, 5) is 24.6. The van der Waals surface area contributed by atoms with Gasteiger partial charge in [0.05, 0.1) is 11.0 Å². The van der Waals surface area contributed by atoms with E-state index in [2.05, 4.69) is 25.6 Å². The van der Waals surface area contributed by atoms with Crippen LogP contribution in [0.3, 0.4) is 0 Å². The van der Waals surface area contributed by atoms with Crippen LogP contribution in [0, 0.1) is 6.92 Å². The van der Waals surface area contributed by atoms with Gasteiger partial charge in [-0.25, -0.2) is 4.98 Å². The van der Waals surface area contributed by atoms with E-state index >= 15 is 0 Å². The average molecular weight is 349 g/mol. The number of aromatic amines is 1. The predicted molar refractivity (Wildman–Crippen MR) is 101 cm³/mol. The van der Waals surface area contributed by atoms with Gasteiger partial charge < -0.3 is 15.6 Å². The lowest BCUT2D eigenvalue weighted by Gasteiger charge is -2.21. The molecule has 1 amide bonds. The van der Waals surface area contributed by atoms with Crippen molar-refractivity contribution in [3.8, 4) is 0 Å². The quantitative estimate of drug-likeness (QED) is 0.659. The number of nitrogens with one attached hydrogen (secondary N) is 3. The van der Waals surface area contributed by atoms with Gasteiger partial charge in [-0.3, -0.25) is 9.78 Å². The third-order valence-electron chi connectivity index (χ3n) is 4.96. The molecule has 0 atom stereocenters. The molecule has 4 rings (SSSR count). The zero-order valence-corrected chi connectivity index (χ0v) is 14.9. The molecule has 134 valence electrons. The lowest BCUT2D eigenvalue weighted by atomic mass is 9.96. The molecule has 0 fully saturated rings. The maximum absolute atomic E-state index is 12.3. The van der Waals surface area contributed by atoms with Crippen molar-refractivity contribution in [1.82, 2.24) is 25.6 Å². The minimum atomic E-state index is 0.0383. The van der Waals surface area contributed by atoms with E-state index in [1.54, 1.807) is 0 Å². The van der Waals surface area contributed by atoms with E-state index in [-0.39, 0.29) is 5.91 Å². The van der Waals surface area contributed by atoms with E-state index in [9.17, 15) is 4.79 Å². The van der Waals surface area contributed by atoms with Crippen molar-refractivity contribution in [2.75, 3.05) is 6.54 Å². The Morgan fingerprint density at radius 1 is 1.31 bits per heavy atom. The van der Waals surface area contributed by atoms with Crippen LogP contribution < -0.4 is 10.6 Å². The zero-order valence-electron chi connectivity index (χ0n) is 14.9. The normalized spacial score (nSPS) is 13.6. The van der Waals surface area contributed by atoms with Gasteiger partial charge in [0.15, 0.2) is 0 Å². The summed E-state index contributed by atoms with van der Waals surface area (Å²) in [6.45, 7) is 4.39. The van der Waals surface area contributed by atoms with Crippen molar-refractivity contribution in [3.05, 3.63) is 58.7 Å². The van der Waals surface area contributed by atoms with E-state index in [1.165, 1.54) is 16.7 Å². The van der Waals surface area contributed by atoms with Crippen LogP contribution in [-0.4, -0.2) is 27.4 Å². The molecule has 0 unspecified atom stereocenters. The third kappa shape index (κ3) is 3.46. The summed E-state index contributed by atoms with van der Waals surface area (Å²) in [7, 11) is 0. The van der Waals surface area contributed by atoms with E-state index in [1.807, 2.05) is 37.4 Å². The van der Waals surface area contributed by atoms with Gasteiger partial charge in [-0.2, -0.15) is 0 Å². The van der Waals surface area contributed by atoms with Crippen molar-refractivity contribution >= 4 is 16.9 Å². The molecule has 0 radical (unpaired) electrons. The second-order valence-electron chi connectivity index (χ2n) is 6.73. The van der Waals surface area contributed by atoms with Crippen molar-refractivity contribution in [3.63, 3.8) is 0 Å². The van der Waals surface area contributed by atoms with E-state index < -0.39 is 0 Å². The Kier molecular flexibility index (Phi) is 4.67. The molecular formula is C20H23N5O. The first-order chi connectivity index (χ1) is 12.7. The summed E-state index contributed by atoms with van der Waals surface area (Å²) in [5.41, 5.74) is 6.70. The molecule has 3 aromatic rings. The molecule has 2 aromatic heterocycles. The number of imidazole rings is 1. The number of hydrogen-bond donors (Lipinski definition) is 3. The van der Waals surface area contributed by atoms with Gasteiger partial charge in [0.25, 0.3) is 0 Å². The molecule has 6 nitrogen and oxygen atoms in total. The SMILES string of the molecule is Cc1ncc2c(c1CNC(=O)CCc1nc3ccccc3[nH]1)CCNC2. The summed E-state index contributed by atoms with van der Waals surface area (Å²) in [5, 5.41) is 6.42. The maximum Gasteiger partial charge on any atom is 0.220 e. The Balaban J connectivity index is 1.37. The van der Waals surface area contributed by atoms with Crippen molar-refractivity contribution in [2.24, 2.45) is 0 Å². The lowest BCUT2D eigenvalue weighted by Crippen LogP contribution is -2.29. The summed E-state index contributed by atoms with van der Waals surface area (Å²) < 4.78 is 0. The van der Waals surface area contributed by atoms with E-state index in [0.717, 1.165) is 42.1 Å². The minimum Gasteiger partial charge on any atom is -0.352 e. The Morgan fingerprint density at radius 3 is 3.08 bits per heavy atom. The highest BCUT2D eigenvalue weighted by Crippen LogP contribution is 2.20. The molecule has 6 heteroatoms. The fourth-order valence-electron chi connectivity index (χ4n) is 3.51. The molecule has 1 aromatic carbocycles. The number of amides is 1. The Bertz CT molecular complexity index is 914. The van der Waals surface area contributed by atoms with Gasteiger partial charge in [0, 0.05) is 37.8 Å². The number of pyridine rings is 1. The number of carbonyl (C=O) groups excluding carboxylic acids is 1. The number of nitrogens with zero attached hydrogens (tertiary/aromatic N) is 2. The first-order valence-corrected chi connectivity index (χ1v) is 9.08. The Labute approximate surface area is 152 Å². The van der Waals surface area contributed by atoms with Crippen LogP contribution in [0.2, 0.25) is 0 Å². The van der Waals surface area contributed by atoms with Gasteiger partial charge in [0.2, 0.25) is 5.91 Å². The number of hydrogen-bond acceptors (Lipinski definition) is 4. The van der Waals surface area contributed by atoms with Gasteiger partial charge in [-0.1, -0.05) is 12.1 Å². The number of aryl methyl sites for hydroxylation is 2. The Morgan fingerprint density at radius 2 is 2.19 bits per heavy atom. The molecule has 1 aliphatic heterocycles. The van der Waals surface area contributed by atoms with Crippen molar-refractivity contribution in [1.29, 1.82) is 0 Å². The monoisotopic (exact) mass is 349 g/mol. The standard InChI is InChI=1S/C20H23N5O/c1-13-16(15-8-9-21-10-14(15)11-22-13)12-23-20(26)7-6-19-24-17-4-2-3-5-18(17)25-19/h2-5,11,21H,6-10,12H2,1H3,(H,23,26)(H,24,25). The molecule has 0 aliphatic carbocycles. The van der Waals surface area contributed by atoms with Crippen LogP contribution in [0.15, 0.2) is 30.5 Å². The van der Waals surface area contributed by atoms with Gasteiger partial charge in [-0.15, -0.1) is 0 Å². The molecule has 26 heavy (non-hydrogen) atoms. The summed E-state index contributed by atoms with van der Waals surface area (Å²) in [6.07, 6.45) is 3.96. The number of fused-ring (bicyclic) bond motifs is 2. The predicted octanol–water partition coefficient (Wildman–Crippen LogP) is 2.16. The molecule has 3 N–H and O–H groups in total. The number of H-pyrrole nitrogens is 1. The van der Waals surface area contributed by atoms with Crippen LogP contribution in [0.1, 0.15) is 34.6 Å². The highest BCUT2D eigenvalue weighted by Gasteiger charge is 2.16. The third-order valence-corrected chi connectivity index (χ3v) is 4.96. The first-order valence-electron chi connectivity index (χ1n) is 9.08. The molecule has 0 saturated carbocycles. The second-order valence-corrected chi connectivity index (χ2v) is 6.73. The Hall–Kier alpha value is -2.73. The maximum atomic E-state index is 12.3. The summed E-state index contributed by atoms with van der Waals surface area (Å²) >= 11 is 0. The number of rotatable bonds is 5. The van der Waals surface area contributed by atoms with E-state index in [0.29, 0.717) is 19.4 Å². The van der Waals surface area contributed by atoms with Crippen LogP contribution in [0.4, 0.5) is 0 Å². The topological polar surface area (TPSA) is 82.7 Å². The number of benzene rings is 1. The highest BCUT2D eigenvalue weighted by molar-refractivity contribution is 5.77. The van der Waals surface area contributed by atoms with Crippen LogP contribution in [0.25, 0.3) is 11.0 Å². The molecule has 3 heterocycles. The molecule has 0 saturated heterocycles. The number of carbonyl (C=O) groups is 1. The zero-order chi connectivity index (χ0) is 17.9. The van der Waals surface area contributed by atoms with Gasteiger partial charge >= 0.3 is 0 Å². The van der Waals surface area contributed by atoms with Crippen LogP contribution in [-0.2, 0) is 30.7 Å². The summed E-state index contributed by atoms with van der Waals surface area (Å²) in [6, 6.07) is 7.91. The lowest BCUT2D eigenvalue weighted by molar-refractivity contribution is -0.121. The van der Waals surface area contributed by atoms with Crippen molar-refractivity contribution < 1.29 is 4.79 Å². The number of aromatic nitrogens is 3. The minimum absolute atomic E-state index is 0.0383. The van der Waals surface area contributed by atoms with E-state index in [4.69, 9.17) is 0 Å². The largest absolute Gasteiger partial charge is 0.352 e. The van der Waals surface area contributed by atoms with Gasteiger partial charge in [0.1, 0.15) is 5.82 Å². The second kappa shape index (κ2) is 7.25. The average Bonchev–Trinajstić information content (AvgIpc) is 3.08. The molecule has 0 spiro atoms. The molecule has 0 bridgehead atoms. The van der Waals surface area contributed by atoms with Crippen molar-refractivity contribution in [2.45, 2.75) is 39.3 Å². The fourth-order valence-corrected chi connectivity index (χ4v) is 3.51. The molecule has 1 aliphatic rings. The summed E-state index contributed by atoms with van der Waals surface area (Å²) in [5.74, 6) is 0.888. The molecular weight excluding hydrogens is 326 g/mol. The van der Waals surface area contributed by atoms with Gasteiger partial charge in [-0.05, 0) is 48.7 Å². The fraction of sp³-hybridized carbons (Fsp3) is 0.350. The van der Waals surface area contributed by atoms with Crippen LogP contribution >= 0.6 is 0 Å². The first kappa shape index (κ1) is 16.7. The van der Waals surface area contributed by atoms with Crippen LogP contribution in [0.5, 0.6) is 0 Å². The number of para-hydroxylation sites is 2. The smallest absolute Gasteiger partial charge is 0.220 e.